The summed E-state index contributed by atoms with van der Waals surface area (Å²) in [6.07, 6.45) is -2.62. The molecular formula is C13H19F2N3O3. The Labute approximate surface area is 120 Å². The van der Waals surface area contributed by atoms with Gasteiger partial charge in [0.2, 0.25) is 5.91 Å². The SMILES string of the molecule is Cc1nc(C)c(CCC(=O)N(CCO)CC(F)F)c(=O)[nH]1. The van der Waals surface area contributed by atoms with E-state index in [0.29, 0.717) is 17.1 Å². The van der Waals surface area contributed by atoms with Crippen LogP contribution >= 0.6 is 0 Å². The van der Waals surface area contributed by atoms with Gasteiger partial charge in [-0.25, -0.2) is 13.8 Å². The first-order valence-corrected chi connectivity index (χ1v) is 6.58. The predicted molar refractivity (Wildman–Crippen MR) is 72.3 cm³/mol. The number of aryl methyl sites for hydroxylation is 2. The number of hydrogen-bond acceptors (Lipinski definition) is 4. The summed E-state index contributed by atoms with van der Waals surface area (Å²) in [7, 11) is 0. The summed E-state index contributed by atoms with van der Waals surface area (Å²) < 4.78 is 24.7. The molecule has 0 aliphatic heterocycles. The number of aromatic nitrogens is 2. The van der Waals surface area contributed by atoms with Crippen LogP contribution in [0.5, 0.6) is 0 Å². The Morgan fingerprint density at radius 3 is 2.62 bits per heavy atom. The Bertz CT molecular complexity index is 546. The Morgan fingerprint density at radius 2 is 2.10 bits per heavy atom. The molecule has 0 aliphatic carbocycles. The molecule has 0 spiro atoms. The van der Waals surface area contributed by atoms with Crippen LogP contribution in [0.4, 0.5) is 8.78 Å². The average Bonchev–Trinajstić information content (AvgIpc) is 2.36. The lowest BCUT2D eigenvalue weighted by molar-refractivity contribution is -0.133. The molecule has 2 N–H and O–H groups in total. The molecule has 1 aromatic rings. The summed E-state index contributed by atoms with van der Waals surface area (Å²) in [5.41, 5.74) is 0.567. The zero-order chi connectivity index (χ0) is 16.0. The Balaban J connectivity index is 2.73. The van der Waals surface area contributed by atoms with Gasteiger partial charge < -0.3 is 15.0 Å². The van der Waals surface area contributed by atoms with Crippen LogP contribution in [0.2, 0.25) is 0 Å². The van der Waals surface area contributed by atoms with Crippen LogP contribution in [0.15, 0.2) is 4.79 Å². The highest BCUT2D eigenvalue weighted by Crippen LogP contribution is 2.06. The van der Waals surface area contributed by atoms with Crippen LogP contribution in [0.25, 0.3) is 0 Å². The van der Waals surface area contributed by atoms with Crippen molar-refractivity contribution < 1.29 is 18.7 Å². The maximum atomic E-state index is 12.4. The van der Waals surface area contributed by atoms with E-state index in [1.54, 1.807) is 13.8 Å². The summed E-state index contributed by atoms with van der Waals surface area (Å²) in [4.78, 5) is 31.2. The second-order valence-corrected chi connectivity index (χ2v) is 4.67. The lowest BCUT2D eigenvalue weighted by atomic mass is 10.1. The molecule has 0 saturated carbocycles. The first-order valence-electron chi connectivity index (χ1n) is 6.58. The lowest BCUT2D eigenvalue weighted by Crippen LogP contribution is -2.37. The van der Waals surface area contributed by atoms with Crippen LogP contribution in [0, 0.1) is 13.8 Å². The van der Waals surface area contributed by atoms with Crippen molar-refractivity contribution in [2.45, 2.75) is 33.1 Å². The number of nitrogens with zero attached hydrogens (tertiary/aromatic N) is 2. The third-order valence-electron chi connectivity index (χ3n) is 3.01. The molecule has 0 aromatic carbocycles. The maximum absolute atomic E-state index is 12.4. The van der Waals surface area contributed by atoms with Gasteiger partial charge in [0.25, 0.3) is 12.0 Å². The van der Waals surface area contributed by atoms with Gasteiger partial charge in [-0.1, -0.05) is 0 Å². The minimum Gasteiger partial charge on any atom is -0.395 e. The normalized spacial score (nSPS) is 11.0. The van der Waals surface area contributed by atoms with Gasteiger partial charge in [0.05, 0.1) is 13.2 Å². The fourth-order valence-corrected chi connectivity index (χ4v) is 2.04. The summed E-state index contributed by atoms with van der Waals surface area (Å²) >= 11 is 0. The summed E-state index contributed by atoms with van der Waals surface area (Å²) in [5.74, 6) is -0.0455. The van der Waals surface area contributed by atoms with Crippen molar-refractivity contribution in [1.82, 2.24) is 14.9 Å². The zero-order valence-electron chi connectivity index (χ0n) is 12.0. The van der Waals surface area contributed by atoms with E-state index in [4.69, 9.17) is 5.11 Å². The van der Waals surface area contributed by atoms with E-state index >= 15 is 0 Å². The van der Waals surface area contributed by atoms with E-state index in [2.05, 4.69) is 9.97 Å². The number of aliphatic hydroxyl groups excluding tert-OH is 1. The molecule has 1 amide bonds. The summed E-state index contributed by atoms with van der Waals surface area (Å²) in [6.45, 7) is 2.05. The van der Waals surface area contributed by atoms with E-state index in [0.717, 1.165) is 4.90 Å². The van der Waals surface area contributed by atoms with Gasteiger partial charge in [-0.2, -0.15) is 0 Å². The number of rotatable bonds is 7. The van der Waals surface area contributed by atoms with E-state index in [1.165, 1.54) is 0 Å². The molecule has 0 saturated heterocycles. The molecule has 1 heterocycles. The minimum absolute atomic E-state index is 0.0820. The summed E-state index contributed by atoms with van der Waals surface area (Å²) in [5, 5.41) is 8.80. The van der Waals surface area contributed by atoms with Gasteiger partial charge in [0.15, 0.2) is 0 Å². The number of alkyl halides is 2. The smallest absolute Gasteiger partial charge is 0.255 e. The molecule has 8 heteroatoms. The van der Waals surface area contributed by atoms with Crippen LogP contribution < -0.4 is 5.56 Å². The monoisotopic (exact) mass is 303 g/mol. The van der Waals surface area contributed by atoms with Crippen LogP contribution in [0.3, 0.4) is 0 Å². The molecule has 0 radical (unpaired) electrons. The van der Waals surface area contributed by atoms with Gasteiger partial charge in [-0.3, -0.25) is 9.59 Å². The van der Waals surface area contributed by atoms with Crippen molar-refractivity contribution in [2.75, 3.05) is 19.7 Å². The molecule has 118 valence electrons. The molecule has 0 fully saturated rings. The van der Waals surface area contributed by atoms with Gasteiger partial charge in [0, 0.05) is 24.2 Å². The van der Waals surface area contributed by atoms with Crippen molar-refractivity contribution in [2.24, 2.45) is 0 Å². The molecule has 6 nitrogen and oxygen atoms in total. The molecule has 0 atom stereocenters. The van der Waals surface area contributed by atoms with Crippen LogP contribution in [-0.4, -0.2) is 52.0 Å². The van der Waals surface area contributed by atoms with E-state index in [9.17, 15) is 18.4 Å². The Morgan fingerprint density at radius 1 is 1.43 bits per heavy atom. The molecule has 0 bridgehead atoms. The largest absolute Gasteiger partial charge is 0.395 e. The highest BCUT2D eigenvalue weighted by atomic mass is 19.3. The number of carbonyl (C=O) groups is 1. The zero-order valence-corrected chi connectivity index (χ0v) is 12.0. The third kappa shape index (κ3) is 5.22. The highest BCUT2D eigenvalue weighted by Gasteiger charge is 2.18. The van der Waals surface area contributed by atoms with Gasteiger partial charge >= 0.3 is 0 Å². The number of halogens is 2. The molecule has 1 rings (SSSR count). The van der Waals surface area contributed by atoms with Crippen LogP contribution in [0.1, 0.15) is 23.5 Å². The number of nitrogens with one attached hydrogen (secondary N) is 1. The summed E-state index contributed by atoms with van der Waals surface area (Å²) in [6, 6.07) is 0. The Hall–Kier alpha value is -1.83. The standard InChI is InChI=1S/C13H19F2N3O3/c1-8-10(13(21)17-9(2)16-8)3-4-12(20)18(5-6-19)7-11(14)15/h11,19H,3-7H2,1-2H3,(H,16,17,21). The molecular weight excluding hydrogens is 284 g/mol. The first kappa shape index (κ1) is 17.2. The second kappa shape index (κ2) is 7.82. The van der Waals surface area contributed by atoms with E-state index in [-0.39, 0.29) is 31.6 Å². The molecule has 0 aliphatic rings. The number of aliphatic hydroxyl groups is 1. The number of aromatic amines is 1. The lowest BCUT2D eigenvalue weighted by Gasteiger charge is -2.21. The van der Waals surface area contributed by atoms with Crippen molar-refractivity contribution >= 4 is 5.91 Å². The maximum Gasteiger partial charge on any atom is 0.255 e. The highest BCUT2D eigenvalue weighted by molar-refractivity contribution is 5.76. The van der Waals surface area contributed by atoms with Crippen molar-refractivity contribution in [1.29, 1.82) is 0 Å². The fourth-order valence-electron chi connectivity index (χ4n) is 2.04. The topological polar surface area (TPSA) is 86.3 Å². The van der Waals surface area contributed by atoms with Crippen molar-refractivity contribution in [3.05, 3.63) is 27.4 Å². The first-order chi connectivity index (χ1) is 9.85. The van der Waals surface area contributed by atoms with E-state index < -0.39 is 18.9 Å². The average molecular weight is 303 g/mol. The number of carbonyl (C=O) groups excluding carboxylic acids is 1. The van der Waals surface area contributed by atoms with Crippen LogP contribution in [-0.2, 0) is 11.2 Å². The molecule has 0 unspecified atom stereocenters. The third-order valence-corrected chi connectivity index (χ3v) is 3.01. The fraction of sp³-hybridized carbons (Fsp3) is 0.615. The quantitative estimate of drug-likeness (QED) is 0.763. The number of amides is 1. The molecule has 1 aromatic heterocycles. The van der Waals surface area contributed by atoms with Crippen molar-refractivity contribution in [3.8, 4) is 0 Å². The minimum atomic E-state index is -2.66. The van der Waals surface area contributed by atoms with Gasteiger partial charge in [-0.05, 0) is 20.3 Å². The Kier molecular flexibility index (Phi) is 6.41. The predicted octanol–water partition coefficient (Wildman–Crippen LogP) is 0.405. The number of H-pyrrole nitrogens is 1. The van der Waals surface area contributed by atoms with Gasteiger partial charge in [-0.15, -0.1) is 0 Å². The van der Waals surface area contributed by atoms with E-state index in [1.807, 2.05) is 0 Å². The van der Waals surface area contributed by atoms with Gasteiger partial charge in [0.1, 0.15) is 5.82 Å². The number of hydrogen-bond donors (Lipinski definition) is 2. The van der Waals surface area contributed by atoms with Crippen molar-refractivity contribution in [3.63, 3.8) is 0 Å². The second-order valence-electron chi connectivity index (χ2n) is 4.67. The molecule has 21 heavy (non-hydrogen) atoms.